The molecule has 2 aliphatic rings. The average molecular weight is 327 g/mol. The third-order valence-corrected chi connectivity index (χ3v) is 5.80. The van der Waals surface area contributed by atoms with E-state index in [2.05, 4.69) is 35.1 Å². The first-order valence-corrected chi connectivity index (χ1v) is 9.05. The molecule has 4 rings (SSSR count). The first-order chi connectivity index (χ1) is 11.3. The van der Waals surface area contributed by atoms with Crippen LogP contribution in [0.4, 0.5) is 0 Å². The number of carbonyl (C=O) groups is 1. The lowest BCUT2D eigenvalue weighted by Gasteiger charge is -2.36. The fourth-order valence-corrected chi connectivity index (χ4v) is 4.39. The summed E-state index contributed by atoms with van der Waals surface area (Å²) < 4.78 is 0. The van der Waals surface area contributed by atoms with E-state index in [0.29, 0.717) is 18.4 Å². The van der Waals surface area contributed by atoms with Crippen molar-refractivity contribution in [3.8, 4) is 0 Å². The van der Waals surface area contributed by atoms with Crippen molar-refractivity contribution in [3.05, 3.63) is 58.3 Å². The number of likely N-dealkylation sites (tertiary alicyclic amines) is 1. The van der Waals surface area contributed by atoms with E-state index in [9.17, 15) is 4.79 Å². The maximum absolute atomic E-state index is 12.6. The predicted molar refractivity (Wildman–Crippen MR) is 92.0 cm³/mol. The molecule has 23 heavy (non-hydrogen) atoms. The number of amides is 1. The molecule has 120 valence electrons. The summed E-state index contributed by atoms with van der Waals surface area (Å²) in [4.78, 5) is 15.8. The highest BCUT2D eigenvalue weighted by atomic mass is 32.1. The number of hydrazine groups is 1. The number of rotatable bonds is 3. The number of hydrogen-bond donors (Lipinski definition) is 2. The minimum atomic E-state index is 0.254. The number of hydrogen-bond acceptors (Lipinski definition) is 4. The molecule has 0 radical (unpaired) electrons. The molecule has 0 bridgehead atoms. The molecule has 1 aromatic carbocycles. The van der Waals surface area contributed by atoms with E-state index in [1.54, 1.807) is 11.3 Å². The Labute approximate surface area is 140 Å². The van der Waals surface area contributed by atoms with Crippen molar-refractivity contribution in [3.63, 3.8) is 0 Å². The molecule has 2 fully saturated rings. The van der Waals surface area contributed by atoms with Crippen molar-refractivity contribution < 1.29 is 4.79 Å². The van der Waals surface area contributed by atoms with Gasteiger partial charge in [0.25, 0.3) is 0 Å². The number of benzene rings is 1. The van der Waals surface area contributed by atoms with Crippen LogP contribution in [0.15, 0.2) is 47.8 Å². The summed E-state index contributed by atoms with van der Waals surface area (Å²) in [6.07, 6.45) is 1.54. The fraction of sp³-hybridized carbons (Fsp3) is 0.389. The van der Waals surface area contributed by atoms with Crippen LogP contribution in [-0.2, 0) is 11.2 Å². The molecule has 2 N–H and O–H groups in total. The van der Waals surface area contributed by atoms with Crippen LogP contribution in [0.5, 0.6) is 0 Å². The molecule has 5 heteroatoms. The lowest BCUT2D eigenvalue weighted by Crippen LogP contribution is -2.48. The number of fused-ring (bicyclic) bond motifs is 1. The van der Waals surface area contributed by atoms with Gasteiger partial charge in [-0.2, -0.15) is 0 Å². The van der Waals surface area contributed by atoms with Crippen molar-refractivity contribution in [2.75, 3.05) is 13.1 Å². The van der Waals surface area contributed by atoms with E-state index in [0.717, 1.165) is 24.4 Å². The molecule has 4 nitrogen and oxygen atoms in total. The van der Waals surface area contributed by atoms with Gasteiger partial charge in [-0.25, -0.2) is 5.43 Å². The van der Waals surface area contributed by atoms with Crippen molar-refractivity contribution in [2.24, 2.45) is 5.92 Å². The van der Waals surface area contributed by atoms with Gasteiger partial charge in [-0.15, -0.1) is 11.3 Å². The van der Waals surface area contributed by atoms with E-state index in [1.807, 2.05) is 28.5 Å². The van der Waals surface area contributed by atoms with E-state index in [1.165, 1.54) is 5.56 Å². The summed E-state index contributed by atoms with van der Waals surface area (Å²) >= 11 is 1.66. The van der Waals surface area contributed by atoms with Gasteiger partial charge in [0, 0.05) is 29.9 Å². The van der Waals surface area contributed by atoms with Crippen molar-refractivity contribution >= 4 is 17.2 Å². The van der Waals surface area contributed by atoms with Crippen molar-refractivity contribution in [2.45, 2.75) is 24.9 Å². The summed E-state index contributed by atoms with van der Waals surface area (Å²) in [5, 5.41) is 2.03. The van der Waals surface area contributed by atoms with Crippen LogP contribution >= 0.6 is 11.3 Å². The third kappa shape index (κ3) is 3.04. The second-order valence-electron chi connectivity index (χ2n) is 6.33. The van der Waals surface area contributed by atoms with E-state index < -0.39 is 0 Å². The molecular weight excluding hydrogens is 306 g/mol. The van der Waals surface area contributed by atoms with E-state index >= 15 is 0 Å². The monoisotopic (exact) mass is 327 g/mol. The largest absolute Gasteiger partial charge is 0.342 e. The number of nitrogens with zero attached hydrogens (tertiary/aromatic N) is 1. The zero-order valence-electron chi connectivity index (χ0n) is 12.9. The first-order valence-electron chi connectivity index (χ1n) is 8.17. The van der Waals surface area contributed by atoms with Gasteiger partial charge in [0.2, 0.25) is 5.91 Å². The molecular formula is C18H21N3OS. The molecule has 1 amide bonds. The van der Waals surface area contributed by atoms with Crippen LogP contribution in [0.2, 0.25) is 0 Å². The summed E-state index contributed by atoms with van der Waals surface area (Å²) in [5.41, 5.74) is 8.15. The Kier molecular flexibility index (Phi) is 4.16. The Morgan fingerprint density at radius 3 is 2.83 bits per heavy atom. The maximum atomic E-state index is 12.6. The first kappa shape index (κ1) is 14.9. The van der Waals surface area contributed by atoms with Crippen LogP contribution in [0.1, 0.15) is 22.9 Å². The minimum absolute atomic E-state index is 0.254. The molecule has 0 spiro atoms. The molecule has 1 aromatic heterocycles. The quantitative estimate of drug-likeness (QED) is 0.910. The van der Waals surface area contributed by atoms with Crippen LogP contribution in [0.3, 0.4) is 0 Å². The SMILES string of the molecule is O=C(Cc1cccs1)N1CCC2NNC(c3ccccc3)C2C1. The van der Waals surface area contributed by atoms with Gasteiger partial charge < -0.3 is 4.90 Å². The standard InChI is InChI=1S/C18H21N3OS/c22-17(11-14-7-4-10-23-14)21-9-8-16-15(12-21)18(20-19-16)13-5-2-1-3-6-13/h1-7,10,15-16,18-20H,8-9,11-12H2. The second-order valence-corrected chi connectivity index (χ2v) is 7.36. The number of piperidine rings is 1. The Hall–Kier alpha value is -1.69. The highest BCUT2D eigenvalue weighted by Gasteiger charge is 2.41. The predicted octanol–water partition coefficient (Wildman–Crippen LogP) is 2.36. The lowest BCUT2D eigenvalue weighted by molar-refractivity contribution is -0.132. The molecule has 0 aliphatic carbocycles. The lowest BCUT2D eigenvalue weighted by atomic mass is 9.85. The van der Waals surface area contributed by atoms with Crippen LogP contribution in [-0.4, -0.2) is 29.9 Å². The summed E-state index contributed by atoms with van der Waals surface area (Å²) in [6, 6.07) is 15.3. The van der Waals surface area contributed by atoms with Crippen LogP contribution in [0, 0.1) is 5.92 Å². The van der Waals surface area contributed by atoms with E-state index in [4.69, 9.17) is 0 Å². The smallest absolute Gasteiger partial charge is 0.227 e. The zero-order chi connectivity index (χ0) is 15.6. The molecule has 3 heterocycles. The molecule has 3 unspecified atom stereocenters. The minimum Gasteiger partial charge on any atom is -0.342 e. The highest BCUT2D eigenvalue weighted by Crippen LogP contribution is 2.33. The Morgan fingerprint density at radius 1 is 1.17 bits per heavy atom. The van der Waals surface area contributed by atoms with Crippen LogP contribution in [0.25, 0.3) is 0 Å². The number of thiophene rings is 1. The topological polar surface area (TPSA) is 44.4 Å². The normalized spacial score (nSPS) is 27.0. The maximum Gasteiger partial charge on any atom is 0.227 e. The van der Waals surface area contributed by atoms with E-state index in [-0.39, 0.29) is 11.9 Å². The molecule has 2 saturated heterocycles. The van der Waals surface area contributed by atoms with Gasteiger partial charge in [-0.1, -0.05) is 36.4 Å². The molecule has 3 atom stereocenters. The Bertz CT molecular complexity index is 658. The average Bonchev–Trinajstić information content (AvgIpc) is 3.24. The Balaban J connectivity index is 1.46. The summed E-state index contributed by atoms with van der Waals surface area (Å²) in [7, 11) is 0. The number of nitrogens with one attached hydrogen (secondary N) is 2. The Morgan fingerprint density at radius 2 is 2.04 bits per heavy atom. The van der Waals surface area contributed by atoms with Crippen molar-refractivity contribution in [1.29, 1.82) is 0 Å². The number of carbonyl (C=O) groups excluding carboxylic acids is 1. The summed E-state index contributed by atoms with van der Waals surface area (Å²) in [6.45, 7) is 1.68. The summed E-state index contributed by atoms with van der Waals surface area (Å²) in [5.74, 6) is 0.683. The highest BCUT2D eigenvalue weighted by molar-refractivity contribution is 7.10. The van der Waals surface area contributed by atoms with Gasteiger partial charge in [0.1, 0.15) is 0 Å². The molecule has 2 aromatic rings. The van der Waals surface area contributed by atoms with Gasteiger partial charge >= 0.3 is 0 Å². The van der Waals surface area contributed by atoms with Gasteiger partial charge in [0.15, 0.2) is 0 Å². The second kappa shape index (κ2) is 6.43. The third-order valence-electron chi connectivity index (χ3n) is 4.93. The molecule has 2 aliphatic heterocycles. The fourth-order valence-electron chi connectivity index (χ4n) is 3.69. The van der Waals surface area contributed by atoms with Crippen molar-refractivity contribution in [1.82, 2.24) is 15.8 Å². The van der Waals surface area contributed by atoms with Crippen LogP contribution < -0.4 is 10.9 Å². The molecule has 0 saturated carbocycles. The van der Waals surface area contributed by atoms with Gasteiger partial charge in [-0.3, -0.25) is 10.2 Å². The van der Waals surface area contributed by atoms with Gasteiger partial charge in [-0.05, 0) is 23.4 Å². The van der Waals surface area contributed by atoms with Gasteiger partial charge in [0.05, 0.1) is 12.5 Å². The zero-order valence-corrected chi connectivity index (χ0v) is 13.8.